The largest absolute Gasteiger partial charge is 1.00 e. The van der Waals surface area contributed by atoms with Crippen molar-refractivity contribution in [3.63, 3.8) is 0 Å². The van der Waals surface area contributed by atoms with Gasteiger partial charge in [0.15, 0.2) is 0 Å². The monoisotopic (exact) mass is 912 g/mol. The topological polar surface area (TPSA) is 254 Å². The fourth-order valence-electron chi connectivity index (χ4n) is 5.39. The molecular formula is C27H30F6Na4O14S4. The first-order valence-electron chi connectivity index (χ1n) is 14.5. The van der Waals surface area contributed by atoms with E-state index in [1.807, 2.05) is 0 Å². The predicted octanol–water partition coefficient (Wildman–Crippen LogP) is -9.24. The number of phenols is 2. The van der Waals surface area contributed by atoms with Crippen LogP contribution in [0.4, 0.5) is 26.3 Å². The Bertz CT molecular complexity index is 1780. The Morgan fingerprint density at radius 3 is 1.07 bits per heavy atom. The summed E-state index contributed by atoms with van der Waals surface area (Å²) in [4.78, 5) is 0. The molecule has 2 rings (SSSR count). The van der Waals surface area contributed by atoms with Crippen molar-refractivity contribution >= 4 is 42.4 Å². The molecule has 14 nitrogen and oxygen atoms in total. The third kappa shape index (κ3) is 19.0. The van der Waals surface area contributed by atoms with E-state index in [1.165, 1.54) is 0 Å². The number of alkyl halides is 6. The fraction of sp³-hybridized carbons (Fsp3) is 0.556. The van der Waals surface area contributed by atoms with E-state index < -0.39 is 155 Å². The van der Waals surface area contributed by atoms with Crippen LogP contribution < -0.4 is 123 Å². The first kappa shape index (κ1) is 60.9. The van der Waals surface area contributed by atoms with Crippen molar-refractivity contribution in [2.24, 2.45) is 0 Å². The zero-order valence-electron chi connectivity index (χ0n) is 30.0. The summed E-state index contributed by atoms with van der Waals surface area (Å²) in [5, 5.41) is 34.8. The fourth-order valence-corrected chi connectivity index (χ4v) is 7.25. The van der Waals surface area contributed by atoms with E-state index in [0.29, 0.717) is 24.2 Å². The van der Waals surface area contributed by atoms with Crippen molar-refractivity contribution < 1.29 is 208 Å². The van der Waals surface area contributed by atoms with Crippen LogP contribution in [0.25, 0.3) is 0 Å². The van der Waals surface area contributed by atoms with E-state index in [4.69, 9.17) is 0 Å². The van der Waals surface area contributed by atoms with Gasteiger partial charge in [-0.05, 0) is 84.7 Å². The molecule has 0 bridgehead atoms. The van der Waals surface area contributed by atoms with Gasteiger partial charge in [-0.1, -0.05) is 24.3 Å². The maximum absolute atomic E-state index is 15.3. The van der Waals surface area contributed by atoms with Crippen LogP contribution in [-0.4, -0.2) is 84.5 Å². The normalized spacial score (nSPS) is 12.5. The summed E-state index contributed by atoms with van der Waals surface area (Å²) in [5.74, 6) is -5.24. The molecule has 0 aromatic heterocycles. The Morgan fingerprint density at radius 1 is 0.564 bits per heavy atom. The molecule has 0 saturated heterocycles. The molecule has 28 heteroatoms. The van der Waals surface area contributed by atoms with Crippen LogP contribution in [0.1, 0.15) is 59.1 Å². The molecule has 0 aliphatic rings. The van der Waals surface area contributed by atoms with Gasteiger partial charge in [-0.25, -0.2) is 25.3 Å². The molecule has 0 saturated carbocycles. The minimum atomic E-state index is -6.30. The number of aryl methyl sites for hydroxylation is 4. The van der Waals surface area contributed by atoms with E-state index in [-0.39, 0.29) is 143 Å². The van der Waals surface area contributed by atoms with E-state index >= 15 is 26.3 Å². The summed E-state index contributed by atoms with van der Waals surface area (Å²) in [6, 6.07) is 1.28. The van der Waals surface area contributed by atoms with Crippen molar-refractivity contribution in [1.29, 1.82) is 0 Å². The molecule has 0 spiro atoms. The van der Waals surface area contributed by atoms with Gasteiger partial charge in [0.25, 0.3) is 0 Å². The summed E-state index contributed by atoms with van der Waals surface area (Å²) in [7, 11) is -14.8. The van der Waals surface area contributed by atoms with Crippen LogP contribution in [-0.2, 0) is 70.8 Å². The molecule has 292 valence electrons. The summed E-state index contributed by atoms with van der Waals surface area (Å²) in [6.07, 6.45) is -17.3. The van der Waals surface area contributed by atoms with Gasteiger partial charge in [-0.15, -0.1) is 0 Å². The van der Waals surface area contributed by atoms with Crippen molar-refractivity contribution in [3.8, 4) is 11.5 Å². The minimum absolute atomic E-state index is 0. The van der Waals surface area contributed by atoms with Gasteiger partial charge in [-0.2, -0.15) is 30.7 Å². The number of aromatic hydroxyl groups is 2. The van der Waals surface area contributed by atoms with Gasteiger partial charge in [0.2, 0.25) is 5.41 Å². The average Bonchev–Trinajstić information content (AvgIpc) is 2.93. The van der Waals surface area contributed by atoms with E-state index in [9.17, 15) is 54.4 Å². The molecule has 55 heavy (non-hydrogen) atoms. The second-order valence-electron chi connectivity index (χ2n) is 11.2. The summed E-state index contributed by atoms with van der Waals surface area (Å²) in [6.45, 7) is 0. The molecule has 0 heterocycles. The smallest absolute Gasteiger partial charge is 0.748 e. The van der Waals surface area contributed by atoms with Gasteiger partial charge < -0.3 is 29.1 Å². The quantitative estimate of drug-likeness (QED) is 0.0238. The molecule has 0 amide bonds. The molecule has 0 aliphatic heterocycles. The molecular weight excluding hydrogens is 882 g/mol. The van der Waals surface area contributed by atoms with Crippen LogP contribution in [0.5, 0.6) is 11.5 Å². The van der Waals surface area contributed by atoms with Crippen molar-refractivity contribution in [1.82, 2.24) is 0 Å². The molecule has 2 N–H and O–H groups in total. The Labute approximate surface area is 406 Å². The number of hydrogen-bond acceptors (Lipinski definition) is 15. The van der Waals surface area contributed by atoms with Crippen LogP contribution in [0.3, 0.4) is 0 Å². The third-order valence-electron chi connectivity index (χ3n) is 7.52. The number of rotatable bonds is 20. The molecule has 0 radical (unpaired) electrons. The second-order valence-corrected chi connectivity index (χ2v) is 16.5. The Hall–Kier alpha value is 1.58. The minimum Gasteiger partial charge on any atom is -0.748 e. The predicted molar refractivity (Wildman–Crippen MR) is 161 cm³/mol. The van der Waals surface area contributed by atoms with E-state index in [2.05, 4.69) is 9.37 Å². The number of phenolic OH excluding ortho intramolecular Hbond substituents is 2. The Balaban J connectivity index is -0.00000676. The van der Waals surface area contributed by atoms with Crippen LogP contribution in [0.15, 0.2) is 24.3 Å². The standard InChI is InChI=1S/C27H34F6O14S4.4Na/c28-26(29,30)25(27(31,32)33,21-13-17(5-1-9-48-47-46-36)23(34)18(14-21)6-2-10-49(37,38)39)22-15-19(7-3-11-50(40,41)42)24(35)20(16-22)8-4-12-51(43,44)45;;;;/h13-16,34-36H,1-12H2,(H,37,38,39)(H,40,41,42)(H,43,44,45);;;;/q;4*+1/p-4. The Morgan fingerprint density at radius 2 is 0.836 bits per heavy atom. The maximum Gasteiger partial charge on any atom is 1.00 e. The molecule has 0 unspecified atom stereocenters. The Kier molecular flexibility index (Phi) is 28.2. The maximum atomic E-state index is 15.3. The van der Waals surface area contributed by atoms with Crippen LogP contribution >= 0.6 is 12.0 Å². The van der Waals surface area contributed by atoms with Gasteiger partial charge in [0.1, 0.15) is 11.5 Å². The van der Waals surface area contributed by atoms with Gasteiger partial charge >= 0.3 is 131 Å². The van der Waals surface area contributed by atoms with Crippen molar-refractivity contribution in [3.05, 3.63) is 57.6 Å². The second kappa shape index (κ2) is 25.5. The molecule has 0 aliphatic carbocycles. The summed E-state index contributed by atoms with van der Waals surface area (Å²) < 4.78 is 196. The van der Waals surface area contributed by atoms with Crippen LogP contribution in [0.2, 0.25) is 0 Å². The molecule has 2 aromatic carbocycles. The molecule has 2 aromatic rings. The number of halogens is 6. The third-order valence-corrected chi connectivity index (χ3v) is 10.5. The van der Waals surface area contributed by atoms with Gasteiger partial charge in [0.05, 0.1) is 30.4 Å². The average molecular weight is 913 g/mol. The first-order chi connectivity index (χ1) is 23.2. The van der Waals surface area contributed by atoms with E-state index in [0.717, 1.165) is 0 Å². The molecule has 0 fully saturated rings. The van der Waals surface area contributed by atoms with E-state index in [1.54, 1.807) is 0 Å². The number of hydrogen-bond donors (Lipinski definition) is 2. The van der Waals surface area contributed by atoms with Gasteiger partial charge in [0, 0.05) is 35.1 Å². The summed E-state index contributed by atoms with van der Waals surface area (Å²) >= 11 is 0.419. The molecule has 0 atom stereocenters. The van der Waals surface area contributed by atoms with Crippen molar-refractivity contribution in [2.75, 3.05) is 23.0 Å². The number of benzene rings is 2. The SMILES string of the molecule is O=S(=O)([O-])CCCc1cc(C(c2cc(CCCS(=O)(=O)[O-])c(O)c(CCCS(=O)(=O)[O-])c2)(C(F)(F)F)C(F)(F)F)cc(CCCSOO[O-])c1O.[Na+].[Na+].[Na+].[Na+]. The summed E-state index contributed by atoms with van der Waals surface area (Å²) in [5.41, 5.74) is -10.7. The van der Waals surface area contributed by atoms with Crippen LogP contribution in [0, 0.1) is 0 Å². The van der Waals surface area contributed by atoms with Crippen molar-refractivity contribution in [2.45, 2.75) is 69.1 Å². The zero-order chi connectivity index (χ0) is 39.1. The first-order valence-corrected chi connectivity index (χ1v) is 20.1. The van der Waals surface area contributed by atoms with Gasteiger partial charge in [-0.3, -0.25) is 5.04 Å². The zero-order valence-corrected chi connectivity index (χ0v) is 41.3.